The Morgan fingerprint density at radius 3 is 2.11 bits per heavy atom. The van der Waals surface area contributed by atoms with Crippen LogP contribution in [0.4, 0.5) is 17.1 Å². The maximum absolute atomic E-state index is 3.50. The highest BCUT2D eigenvalue weighted by molar-refractivity contribution is 6.06. The fraction of sp³-hybridized carbons (Fsp3) is 0.0698. The molecule has 45 heavy (non-hydrogen) atoms. The molecule has 1 N–H and O–H groups in total. The fourth-order valence-electron chi connectivity index (χ4n) is 7.15. The molecule has 214 valence electrons. The van der Waals surface area contributed by atoms with Crippen molar-refractivity contribution in [2.45, 2.75) is 19.4 Å². The molecular formula is C43H32N2. The monoisotopic (exact) mass is 576 g/mol. The number of nitrogens with one attached hydrogen (secondary N) is 1. The zero-order valence-corrected chi connectivity index (χ0v) is 25.0. The van der Waals surface area contributed by atoms with Crippen LogP contribution in [0.15, 0.2) is 157 Å². The van der Waals surface area contributed by atoms with Gasteiger partial charge in [-0.25, -0.2) is 0 Å². The molecule has 0 amide bonds. The van der Waals surface area contributed by atoms with Crippen LogP contribution in [-0.4, -0.2) is 0 Å². The lowest BCUT2D eigenvalue weighted by Crippen LogP contribution is -2.17. The molecule has 1 aliphatic carbocycles. The summed E-state index contributed by atoms with van der Waals surface area (Å²) in [7, 11) is 0. The Bertz CT molecular complexity index is 2320. The van der Waals surface area contributed by atoms with Gasteiger partial charge in [-0.1, -0.05) is 115 Å². The van der Waals surface area contributed by atoms with Gasteiger partial charge in [0.05, 0.1) is 0 Å². The smallest absolute Gasteiger partial charge is 0.0473 e. The second kappa shape index (κ2) is 10.5. The molecule has 1 aliphatic heterocycles. The van der Waals surface area contributed by atoms with Gasteiger partial charge in [-0.2, -0.15) is 0 Å². The van der Waals surface area contributed by atoms with Crippen LogP contribution in [0.3, 0.4) is 0 Å². The summed E-state index contributed by atoms with van der Waals surface area (Å²) >= 11 is 0. The van der Waals surface area contributed by atoms with Gasteiger partial charge in [0, 0.05) is 34.7 Å². The molecule has 0 unspecified atom stereocenters. The highest BCUT2D eigenvalue weighted by Crippen LogP contribution is 2.41. The van der Waals surface area contributed by atoms with E-state index in [0.29, 0.717) is 0 Å². The second-order valence-electron chi connectivity index (χ2n) is 12.1. The lowest BCUT2D eigenvalue weighted by molar-refractivity contribution is 0.918. The number of anilines is 3. The summed E-state index contributed by atoms with van der Waals surface area (Å²) < 4.78 is 0. The maximum atomic E-state index is 3.50. The van der Waals surface area contributed by atoms with Gasteiger partial charge in [0.2, 0.25) is 0 Å². The Kier molecular flexibility index (Phi) is 6.05. The van der Waals surface area contributed by atoms with Crippen LogP contribution >= 0.6 is 0 Å². The van der Waals surface area contributed by atoms with E-state index in [-0.39, 0.29) is 0 Å². The molecule has 0 radical (unpaired) electrons. The molecule has 7 aromatic rings. The summed E-state index contributed by atoms with van der Waals surface area (Å²) in [6.45, 7) is 0.965. The molecule has 0 fully saturated rings. The number of allylic oxidation sites excluding steroid dienone is 4. The number of hydrogen-bond acceptors (Lipinski definition) is 2. The third-order valence-corrected chi connectivity index (χ3v) is 9.50. The van der Waals surface area contributed by atoms with Crippen LogP contribution < -0.4 is 10.2 Å². The van der Waals surface area contributed by atoms with Crippen molar-refractivity contribution in [3.63, 3.8) is 0 Å². The molecular weight excluding hydrogens is 544 g/mol. The first-order valence-corrected chi connectivity index (χ1v) is 15.9. The van der Waals surface area contributed by atoms with Crippen LogP contribution in [0.2, 0.25) is 0 Å². The van der Waals surface area contributed by atoms with Crippen molar-refractivity contribution in [2.75, 3.05) is 10.2 Å². The number of hydrogen-bond donors (Lipinski definition) is 1. The molecule has 1 heterocycles. The van der Waals surface area contributed by atoms with Gasteiger partial charge in [0.25, 0.3) is 0 Å². The summed E-state index contributed by atoms with van der Waals surface area (Å²) in [4.78, 5) is 2.43. The van der Waals surface area contributed by atoms with E-state index in [9.17, 15) is 0 Å². The first kappa shape index (κ1) is 25.9. The van der Waals surface area contributed by atoms with Crippen molar-refractivity contribution in [3.05, 3.63) is 163 Å². The summed E-state index contributed by atoms with van der Waals surface area (Å²) in [6.07, 6.45) is 8.77. The highest BCUT2D eigenvalue weighted by atomic mass is 15.1. The Morgan fingerprint density at radius 1 is 0.533 bits per heavy atom. The Balaban J connectivity index is 1.10. The van der Waals surface area contributed by atoms with E-state index in [1.54, 1.807) is 0 Å². The van der Waals surface area contributed by atoms with Gasteiger partial charge in [-0.05, 0) is 104 Å². The molecule has 7 aromatic carbocycles. The largest absolute Gasteiger partial charge is 0.380 e. The number of rotatable bonds is 5. The third-order valence-electron chi connectivity index (χ3n) is 9.50. The predicted octanol–water partition coefficient (Wildman–Crippen LogP) is 11.8. The van der Waals surface area contributed by atoms with Crippen LogP contribution in [0.5, 0.6) is 0 Å². The van der Waals surface area contributed by atoms with Crippen molar-refractivity contribution in [3.8, 4) is 22.3 Å². The predicted molar refractivity (Wildman–Crippen MR) is 192 cm³/mol. The quantitative estimate of drug-likeness (QED) is 0.219. The van der Waals surface area contributed by atoms with E-state index in [1.807, 2.05) is 0 Å². The summed E-state index contributed by atoms with van der Waals surface area (Å²) in [5.74, 6) is 0. The number of nitrogens with zero attached hydrogens (tertiary/aromatic N) is 1. The lowest BCUT2D eigenvalue weighted by atomic mass is 9.92. The normalized spacial score (nSPS) is 13.7. The maximum Gasteiger partial charge on any atom is 0.0473 e. The molecule has 0 bridgehead atoms. The van der Waals surface area contributed by atoms with Gasteiger partial charge in [0.1, 0.15) is 0 Å². The van der Waals surface area contributed by atoms with Crippen molar-refractivity contribution < 1.29 is 0 Å². The molecule has 2 nitrogen and oxygen atoms in total. The minimum atomic E-state index is 0.965. The van der Waals surface area contributed by atoms with Crippen molar-refractivity contribution >= 4 is 49.4 Å². The average molecular weight is 577 g/mol. The Hall–Kier alpha value is -5.60. The van der Waals surface area contributed by atoms with Crippen LogP contribution in [0.1, 0.15) is 18.4 Å². The summed E-state index contributed by atoms with van der Waals surface area (Å²) in [5, 5.41) is 11.2. The SMILES string of the molecule is C1=CCCC(N(c2ccc(-c3cccc4ccccc34)cc2)c2ccc3cc(-c4cccc5c6c(ccc45)CN6)ccc3c2)=C1. The Morgan fingerprint density at radius 2 is 1.27 bits per heavy atom. The van der Waals surface area contributed by atoms with E-state index in [0.717, 1.165) is 19.4 Å². The molecule has 0 saturated heterocycles. The standard InChI is InChI=1S/C43H32N2/c1-2-10-35(11-3-1)45(36-22-18-30(19-23-36)39-13-6-9-29-8-4-5-12-38(29)39)37-24-20-31-26-33(17-16-32(31)27-37)40-14-7-15-42-41(40)25-21-34-28-44-43(34)42/h1-2,4-10,12-27,44H,3,11,28H2. The summed E-state index contributed by atoms with van der Waals surface area (Å²) in [6, 6.07) is 49.3. The molecule has 0 aromatic heterocycles. The second-order valence-corrected chi connectivity index (χ2v) is 12.1. The number of benzene rings is 7. The lowest BCUT2D eigenvalue weighted by Gasteiger charge is -2.29. The first-order chi connectivity index (χ1) is 22.3. The topological polar surface area (TPSA) is 15.3 Å². The van der Waals surface area contributed by atoms with Gasteiger partial charge in [-0.15, -0.1) is 0 Å². The minimum absolute atomic E-state index is 0.965. The highest BCUT2D eigenvalue weighted by Gasteiger charge is 2.18. The van der Waals surface area contributed by atoms with Crippen LogP contribution in [-0.2, 0) is 6.54 Å². The van der Waals surface area contributed by atoms with E-state index in [2.05, 4.69) is 162 Å². The third kappa shape index (κ3) is 4.41. The molecule has 2 heteroatoms. The molecule has 0 atom stereocenters. The minimum Gasteiger partial charge on any atom is -0.380 e. The first-order valence-electron chi connectivity index (χ1n) is 15.9. The molecule has 0 saturated carbocycles. The zero-order chi connectivity index (χ0) is 29.7. The van der Waals surface area contributed by atoms with Gasteiger partial charge in [-0.3, -0.25) is 0 Å². The van der Waals surface area contributed by atoms with Crippen molar-refractivity contribution in [2.24, 2.45) is 0 Å². The average Bonchev–Trinajstić information content (AvgIpc) is 3.08. The Labute approximate surface area is 263 Å². The van der Waals surface area contributed by atoms with Gasteiger partial charge < -0.3 is 10.2 Å². The number of fused-ring (bicyclic) bond motifs is 5. The molecule has 2 aliphatic rings. The molecule has 0 spiro atoms. The van der Waals surface area contributed by atoms with E-state index in [1.165, 1.54) is 82.9 Å². The fourth-order valence-corrected chi connectivity index (χ4v) is 7.15. The zero-order valence-electron chi connectivity index (χ0n) is 25.0. The van der Waals surface area contributed by atoms with Crippen LogP contribution in [0, 0.1) is 0 Å². The summed E-state index contributed by atoms with van der Waals surface area (Å²) in [5.41, 5.74) is 11.4. The van der Waals surface area contributed by atoms with Crippen molar-refractivity contribution in [1.82, 2.24) is 0 Å². The van der Waals surface area contributed by atoms with Crippen molar-refractivity contribution in [1.29, 1.82) is 0 Å². The van der Waals surface area contributed by atoms with Crippen LogP contribution in [0.25, 0.3) is 54.6 Å². The van der Waals surface area contributed by atoms with Gasteiger partial charge >= 0.3 is 0 Å². The van der Waals surface area contributed by atoms with E-state index >= 15 is 0 Å². The van der Waals surface area contributed by atoms with E-state index < -0.39 is 0 Å². The van der Waals surface area contributed by atoms with Gasteiger partial charge in [0.15, 0.2) is 0 Å². The molecule has 9 rings (SSSR count). The van der Waals surface area contributed by atoms with E-state index in [4.69, 9.17) is 0 Å².